The van der Waals surface area contributed by atoms with Crippen molar-refractivity contribution in [2.75, 3.05) is 0 Å². The lowest BCUT2D eigenvalue weighted by atomic mass is 10.1. The SMILES string of the molecule is C=CC=NC(=C)C#CC1CCCC1. The fourth-order valence-electron chi connectivity index (χ4n) is 1.43. The standard InChI is InChI=1S/C12H15N/c1-3-10-13-11(2)8-9-12-6-4-5-7-12/h3,10,12H,1-2,4-7H2. The number of hydrogen-bond donors (Lipinski definition) is 0. The largest absolute Gasteiger partial charge is 0.248 e. The Morgan fingerprint density at radius 1 is 1.38 bits per heavy atom. The molecule has 0 heterocycles. The Morgan fingerprint density at radius 3 is 2.69 bits per heavy atom. The molecule has 68 valence electrons. The summed E-state index contributed by atoms with van der Waals surface area (Å²) in [6, 6.07) is 0. The third-order valence-corrected chi connectivity index (χ3v) is 2.11. The molecule has 1 aliphatic rings. The number of nitrogens with zero attached hydrogens (tertiary/aromatic N) is 1. The maximum atomic E-state index is 3.99. The van der Waals surface area contributed by atoms with Crippen molar-refractivity contribution in [1.29, 1.82) is 0 Å². The van der Waals surface area contributed by atoms with Crippen LogP contribution in [0, 0.1) is 17.8 Å². The molecule has 0 saturated heterocycles. The molecule has 0 amide bonds. The molecular formula is C12H15N. The van der Waals surface area contributed by atoms with Gasteiger partial charge in [0.2, 0.25) is 0 Å². The van der Waals surface area contributed by atoms with Crippen LogP contribution in [0.25, 0.3) is 0 Å². The molecule has 0 aromatic heterocycles. The third-order valence-electron chi connectivity index (χ3n) is 2.11. The van der Waals surface area contributed by atoms with Gasteiger partial charge in [-0.15, -0.1) is 0 Å². The summed E-state index contributed by atoms with van der Waals surface area (Å²) in [5, 5.41) is 0. The summed E-state index contributed by atoms with van der Waals surface area (Å²) >= 11 is 0. The van der Waals surface area contributed by atoms with Gasteiger partial charge in [0.15, 0.2) is 0 Å². The van der Waals surface area contributed by atoms with Crippen LogP contribution in [-0.2, 0) is 0 Å². The van der Waals surface area contributed by atoms with Crippen LogP contribution in [0.15, 0.2) is 29.9 Å². The highest BCUT2D eigenvalue weighted by Crippen LogP contribution is 2.23. The van der Waals surface area contributed by atoms with E-state index >= 15 is 0 Å². The number of hydrogen-bond acceptors (Lipinski definition) is 1. The lowest BCUT2D eigenvalue weighted by Crippen LogP contribution is -1.86. The molecule has 1 heteroatoms. The van der Waals surface area contributed by atoms with Crippen molar-refractivity contribution in [2.24, 2.45) is 10.9 Å². The molecule has 0 aliphatic heterocycles. The van der Waals surface area contributed by atoms with Gasteiger partial charge in [0.25, 0.3) is 0 Å². The highest BCUT2D eigenvalue weighted by Gasteiger charge is 2.11. The van der Waals surface area contributed by atoms with E-state index in [0.717, 1.165) is 0 Å². The Balaban J connectivity index is 2.40. The number of aliphatic imine (C=N–C) groups is 1. The zero-order valence-corrected chi connectivity index (χ0v) is 7.92. The fourth-order valence-corrected chi connectivity index (χ4v) is 1.43. The zero-order valence-electron chi connectivity index (χ0n) is 7.92. The molecule has 0 N–H and O–H groups in total. The fraction of sp³-hybridized carbons (Fsp3) is 0.417. The summed E-state index contributed by atoms with van der Waals surface area (Å²) in [6.45, 7) is 7.27. The van der Waals surface area contributed by atoms with Gasteiger partial charge in [-0.3, -0.25) is 0 Å². The smallest absolute Gasteiger partial charge is 0.105 e. The van der Waals surface area contributed by atoms with Crippen LogP contribution in [0.1, 0.15) is 25.7 Å². The van der Waals surface area contributed by atoms with Gasteiger partial charge >= 0.3 is 0 Å². The van der Waals surface area contributed by atoms with Crippen LogP contribution < -0.4 is 0 Å². The van der Waals surface area contributed by atoms with E-state index in [1.54, 1.807) is 12.3 Å². The van der Waals surface area contributed by atoms with E-state index in [0.29, 0.717) is 11.6 Å². The van der Waals surface area contributed by atoms with E-state index in [1.165, 1.54) is 25.7 Å². The Bertz CT molecular complexity index is 269. The second kappa shape index (κ2) is 5.37. The average molecular weight is 173 g/mol. The van der Waals surface area contributed by atoms with Gasteiger partial charge in [-0.2, -0.15) is 0 Å². The van der Waals surface area contributed by atoms with E-state index in [4.69, 9.17) is 0 Å². The molecule has 0 aromatic rings. The Labute approximate surface area is 80.3 Å². The van der Waals surface area contributed by atoms with Gasteiger partial charge in [-0.25, -0.2) is 4.99 Å². The maximum absolute atomic E-state index is 3.99. The van der Waals surface area contributed by atoms with Crippen LogP contribution in [0.5, 0.6) is 0 Å². The first-order chi connectivity index (χ1) is 6.33. The second-order valence-corrected chi connectivity index (χ2v) is 3.21. The first kappa shape index (κ1) is 9.80. The number of allylic oxidation sites excluding steroid dienone is 2. The van der Waals surface area contributed by atoms with Gasteiger partial charge in [0, 0.05) is 12.1 Å². The molecule has 0 spiro atoms. The first-order valence-corrected chi connectivity index (χ1v) is 4.68. The van der Waals surface area contributed by atoms with Crippen molar-refractivity contribution in [2.45, 2.75) is 25.7 Å². The topological polar surface area (TPSA) is 12.4 Å². The van der Waals surface area contributed by atoms with Gasteiger partial charge in [0.1, 0.15) is 5.70 Å². The molecule has 1 nitrogen and oxygen atoms in total. The van der Waals surface area contributed by atoms with Crippen molar-refractivity contribution in [3.05, 3.63) is 24.9 Å². The highest BCUT2D eigenvalue weighted by molar-refractivity contribution is 5.71. The quantitative estimate of drug-likeness (QED) is 0.449. The van der Waals surface area contributed by atoms with Crippen molar-refractivity contribution < 1.29 is 0 Å². The summed E-state index contributed by atoms with van der Waals surface area (Å²) in [5.74, 6) is 6.74. The predicted octanol–water partition coefficient (Wildman–Crippen LogP) is 2.95. The van der Waals surface area contributed by atoms with Crippen molar-refractivity contribution in [1.82, 2.24) is 0 Å². The second-order valence-electron chi connectivity index (χ2n) is 3.21. The molecule has 0 radical (unpaired) electrons. The molecule has 0 unspecified atom stereocenters. The van der Waals surface area contributed by atoms with Crippen LogP contribution in [0.4, 0.5) is 0 Å². The van der Waals surface area contributed by atoms with Gasteiger partial charge < -0.3 is 0 Å². The first-order valence-electron chi connectivity index (χ1n) is 4.68. The molecule has 1 fully saturated rings. The minimum absolute atomic E-state index is 0.579. The molecular weight excluding hydrogens is 158 g/mol. The van der Waals surface area contributed by atoms with E-state index < -0.39 is 0 Å². The van der Waals surface area contributed by atoms with E-state index in [-0.39, 0.29) is 0 Å². The highest BCUT2D eigenvalue weighted by atomic mass is 14.7. The van der Waals surface area contributed by atoms with Crippen molar-refractivity contribution in [3.8, 4) is 11.8 Å². The summed E-state index contributed by atoms with van der Waals surface area (Å²) in [7, 11) is 0. The molecule has 13 heavy (non-hydrogen) atoms. The Morgan fingerprint density at radius 2 is 2.08 bits per heavy atom. The molecule has 0 bridgehead atoms. The average Bonchev–Trinajstić information content (AvgIpc) is 2.64. The van der Waals surface area contributed by atoms with Gasteiger partial charge in [0.05, 0.1) is 0 Å². The molecule has 1 aliphatic carbocycles. The zero-order chi connectivity index (χ0) is 9.52. The van der Waals surface area contributed by atoms with E-state index in [9.17, 15) is 0 Å². The summed E-state index contributed by atoms with van der Waals surface area (Å²) in [5.41, 5.74) is 0.631. The van der Waals surface area contributed by atoms with E-state index in [2.05, 4.69) is 30.0 Å². The Hall–Kier alpha value is -1.29. The molecule has 1 saturated carbocycles. The number of rotatable bonds is 2. The lowest BCUT2D eigenvalue weighted by Gasteiger charge is -1.94. The molecule has 0 atom stereocenters. The predicted molar refractivity (Wildman–Crippen MR) is 57.6 cm³/mol. The Kier molecular flexibility index (Phi) is 4.05. The summed E-state index contributed by atoms with van der Waals surface area (Å²) in [6.07, 6.45) is 8.37. The van der Waals surface area contributed by atoms with Crippen LogP contribution >= 0.6 is 0 Å². The minimum atomic E-state index is 0.579. The van der Waals surface area contributed by atoms with Crippen LogP contribution in [0.2, 0.25) is 0 Å². The van der Waals surface area contributed by atoms with Gasteiger partial charge in [-0.05, 0) is 18.8 Å². The third kappa shape index (κ3) is 3.75. The summed E-state index contributed by atoms with van der Waals surface area (Å²) in [4.78, 5) is 3.99. The van der Waals surface area contributed by atoms with Gasteiger partial charge in [-0.1, -0.05) is 38.0 Å². The summed E-state index contributed by atoms with van der Waals surface area (Å²) < 4.78 is 0. The van der Waals surface area contributed by atoms with Crippen LogP contribution in [0.3, 0.4) is 0 Å². The van der Waals surface area contributed by atoms with E-state index in [1.807, 2.05) is 0 Å². The van der Waals surface area contributed by atoms with Crippen molar-refractivity contribution in [3.63, 3.8) is 0 Å². The van der Waals surface area contributed by atoms with Crippen LogP contribution in [-0.4, -0.2) is 6.21 Å². The minimum Gasteiger partial charge on any atom is -0.248 e. The monoisotopic (exact) mass is 173 g/mol. The molecule has 1 rings (SSSR count). The van der Waals surface area contributed by atoms with Crippen molar-refractivity contribution >= 4 is 6.21 Å². The maximum Gasteiger partial charge on any atom is 0.105 e. The normalized spacial score (nSPS) is 16.9. The molecule has 0 aromatic carbocycles. The lowest BCUT2D eigenvalue weighted by molar-refractivity contribution is 0.712.